The zero-order valence-corrected chi connectivity index (χ0v) is 17.2. The highest BCUT2D eigenvalue weighted by molar-refractivity contribution is 5.94. The lowest BCUT2D eigenvalue weighted by Gasteiger charge is -2.39. The van der Waals surface area contributed by atoms with Gasteiger partial charge < -0.3 is 4.90 Å². The summed E-state index contributed by atoms with van der Waals surface area (Å²) in [6.45, 7) is 8.97. The smallest absolute Gasteiger partial charge is 0.227 e. The average Bonchev–Trinajstić information content (AvgIpc) is 2.66. The number of carbonyl (C=O) groups excluding carboxylic acids is 1. The van der Waals surface area contributed by atoms with Gasteiger partial charge in [-0.3, -0.25) is 9.69 Å². The first kappa shape index (κ1) is 20.5. The standard InChI is InChI=1S/C24H31FN2O/c1-18(2)16-24(28)27(22-10-4-19(3)5-11-22)23-12-14-26(15-13-23)17-20-6-8-21(25)9-7-20/h4-11,18,23H,12-17H2,1-3H3. The third kappa shape index (κ3) is 5.41. The maximum absolute atomic E-state index is 13.1. The van der Waals surface area contributed by atoms with Crippen LogP contribution in [0.5, 0.6) is 0 Å². The van der Waals surface area contributed by atoms with Gasteiger partial charge in [-0.25, -0.2) is 4.39 Å². The molecule has 0 spiro atoms. The van der Waals surface area contributed by atoms with E-state index in [4.69, 9.17) is 0 Å². The predicted octanol–water partition coefficient (Wildman–Crippen LogP) is 5.18. The van der Waals surface area contributed by atoms with Gasteiger partial charge in [0.2, 0.25) is 5.91 Å². The highest BCUT2D eigenvalue weighted by atomic mass is 19.1. The molecule has 0 aliphatic carbocycles. The summed E-state index contributed by atoms with van der Waals surface area (Å²) in [6, 6.07) is 15.3. The maximum atomic E-state index is 13.1. The van der Waals surface area contributed by atoms with Gasteiger partial charge >= 0.3 is 0 Å². The highest BCUT2D eigenvalue weighted by Gasteiger charge is 2.29. The van der Waals surface area contributed by atoms with E-state index in [0.717, 1.165) is 43.7 Å². The van der Waals surface area contributed by atoms with Crippen molar-refractivity contribution in [1.82, 2.24) is 4.90 Å². The highest BCUT2D eigenvalue weighted by Crippen LogP contribution is 2.26. The molecule has 150 valence electrons. The number of amides is 1. The first-order chi connectivity index (χ1) is 13.4. The third-order valence-electron chi connectivity index (χ3n) is 5.41. The van der Waals surface area contributed by atoms with Crippen molar-refractivity contribution in [3.63, 3.8) is 0 Å². The number of hydrogen-bond acceptors (Lipinski definition) is 2. The normalized spacial score (nSPS) is 15.8. The molecule has 1 aliphatic rings. The van der Waals surface area contributed by atoms with Crippen molar-refractivity contribution in [1.29, 1.82) is 0 Å². The summed E-state index contributed by atoms with van der Waals surface area (Å²) >= 11 is 0. The van der Waals surface area contributed by atoms with Crippen LogP contribution >= 0.6 is 0 Å². The van der Waals surface area contributed by atoms with E-state index in [2.05, 4.69) is 49.9 Å². The van der Waals surface area contributed by atoms with E-state index in [1.165, 1.54) is 17.7 Å². The SMILES string of the molecule is Cc1ccc(N(C(=O)CC(C)C)C2CCN(Cc3ccc(F)cc3)CC2)cc1. The number of piperidine rings is 1. The molecule has 0 saturated carbocycles. The summed E-state index contributed by atoms with van der Waals surface area (Å²) in [5.74, 6) is 0.370. The van der Waals surface area contributed by atoms with Crippen molar-refractivity contribution in [3.8, 4) is 0 Å². The van der Waals surface area contributed by atoms with E-state index in [9.17, 15) is 9.18 Å². The number of hydrogen-bond donors (Lipinski definition) is 0. The van der Waals surface area contributed by atoms with Crippen molar-refractivity contribution in [3.05, 3.63) is 65.5 Å². The number of halogens is 1. The monoisotopic (exact) mass is 382 g/mol. The molecule has 1 fully saturated rings. The molecule has 1 amide bonds. The molecular formula is C24H31FN2O. The average molecular weight is 383 g/mol. The van der Waals surface area contributed by atoms with Crippen molar-refractivity contribution < 1.29 is 9.18 Å². The van der Waals surface area contributed by atoms with Gasteiger partial charge in [-0.15, -0.1) is 0 Å². The molecule has 1 heterocycles. The number of benzene rings is 2. The maximum Gasteiger partial charge on any atom is 0.227 e. The van der Waals surface area contributed by atoms with Crippen LogP contribution in [-0.2, 0) is 11.3 Å². The van der Waals surface area contributed by atoms with Gasteiger partial charge in [0.15, 0.2) is 0 Å². The van der Waals surface area contributed by atoms with Crippen LogP contribution in [0.4, 0.5) is 10.1 Å². The molecule has 0 unspecified atom stereocenters. The molecule has 0 aromatic heterocycles. The van der Waals surface area contributed by atoms with Crippen LogP contribution in [0.2, 0.25) is 0 Å². The topological polar surface area (TPSA) is 23.6 Å². The van der Waals surface area contributed by atoms with Crippen LogP contribution in [0, 0.1) is 18.7 Å². The minimum atomic E-state index is -0.195. The van der Waals surface area contributed by atoms with Crippen LogP contribution in [0.25, 0.3) is 0 Å². The van der Waals surface area contributed by atoms with Crippen LogP contribution < -0.4 is 4.90 Å². The van der Waals surface area contributed by atoms with E-state index in [1.807, 2.05) is 17.0 Å². The van der Waals surface area contributed by atoms with Gasteiger partial charge in [0.05, 0.1) is 0 Å². The molecule has 3 rings (SSSR count). The molecule has 0 radical (unpaired) electrons. The Labute approximate surface area is 168 Å². The molecule has 0 N–H and O–H groups in total. The van der Waals surface area contributed by atoms with Crippen LogP contribution in [0.1, 0.15) is 44.2 Å². The quantitative estimate of drug-likeness (QED) is 0.687. The predicted molar refractivity (Wildman–Crippen MR) is 113 cm³/mol. The Kier molecular flexibility index (Phi) is 6.84. The Hall–Kier alpha value is -2.20. The van der Waals surface area contributed by atoms with Crippen molar-refractivity contribution in [2.24, 2.45) is 5.92 Å². The van der Waals surface area contributed by atoms with Crippen LogP contribution in [0.3, 0.4) is 0 Å². The fraction of sp³-hybridized carbons (Fsp3) is 0.458. The lowest BCUT2D eigenvalue weighted by Crippen LogP contribution is -2.47. The summed E-state index contributed by atoms with van der Waals surface area (Å²) in [6.07, 6.45) is 2.49. The summed E-state index contributed by atoms with van der Waals surface area (Å²) in [7, 11) is 0. The number of rotatable bonds is 6. The zero-order valence-electron chi connectivity index (χ0n) is 17.2. The van der Waals surface area contributed by atoms with Crippen molar-refractivity contribution in [2.75, 3.05) is 18.0 Å². The summed E-state index contributed by atoms with van der Waals surface area (Å²) < 4.78 is 13.1. The van der Waals surface area contributed by atoms with Gasteiger partial charge in [-0.1, -0.05) is 43.7 Å². The van der Waals surface area contributed by atoms with Gasteiger partial charge in [0.25, 0.3) is 0 Å². The molecule has 0 atom stereocenters. The summed E-state index contributed by atoms with van der Waals surface area (Å²) in [5, 5.41) is 0. The molecule has 0 bridgehead atoms. The number of aryl methyl sites for hydroxylation is 1. The summed E-state index contributed by atoms with van der Waals surface area (Å²) in [5.41, 5.74) is 3.34. The first-order valence-corrected chi connectivity index (χ1v) is 10.3. The van der Waals surface area contributed by atoms with Gasteiger partial charge in [-0.05, 0) is 55.5 Å². The van der Waals surface area contributed by atoms with E-state index in [-0.39, 0.29) is 17.8 Å². The Bertz CT molecular complexity index is 762. The van der Waals surface area contributed by atoms with Crippen LogP contribution in [-0.4, -0.2) is 29.9 Å². The van der Waals surface area contributed by atoms with E-state index < -0.39 is 0 Å². The Balaban J connectivity index is 1.67. The van der Waals surface area contributed by atoms with Crippen molar-refractivity contribution in [2.45, 2.75) is 52.6 Å². The molecule has 1 aliphatic heterocycles. The summed E-state index contributed by atoms with van der Waals surface area (Å²) in [4.78, 5) is 17.4. The van der Waals surface area contributed by atoms with Gasteiger partial charge in [0.1, 0.15) is 5.82 Å². The van der Waals surface area contributed by atoms with Crippen LogP contribution in [0.15, 0.2) is 48.5 Å². The molecule has 28 heavy (non-hydrogen) atoms. The fourth-order valence-corrected chi connectivity index (χ4v) is 3.90. The lowest BCUT2D eigenvalue weighted by molar-refractivity contribution is -0.120. The van der Waals surface area contributed by atoms with Gasteiger partial charge in [0, 0.05) is 37.8 Å². The zero-order chi connectivity index (χ0) is 20.1. The lowest BCUT2D eigenvalue weighted by atomic mass is 9.99. The van der Waals surface area contributed by atoms with E-state index in [1.54, 1.807) is 0 Å². The molecule has 4 heteroatoms. The molecular weight excluding hydrogens is 351 g/mol. The minimum Gasteiger partial charge on any atom is -0.309 e. The molecule has 1 saturated heterocycles. The third-order valence-corrected chi connectivity index (χ3v) is 5.41. The van der Waals surface area contributed by atoms with Gasteiger partial charge in [-0.2, -0.15) is 0 Å². The molecule has 2 aromatic carbocycles. The largest absolute Gasteiger partial charge is 0.309 e. The second-order valence-corrected chi connectivity index (χ2v) is 8.33. The second kappa shape index (κ2) is 9.33. The van der Waals surface area contributed by atoms with Crippen molar-refractivity contribution >= 4 is 11.6 Å². The van der Waals surface area contributed by atoms with E-state index in [0.29, 0.717) is 12.3 Å². The molecule has 3 nitrogen and oxygen atoms in total. The molecule has 2 aromatic rings. The Morgan fingerprint density at radius 1 is 1.07 bits per heavy atom. The number of carbonyl (C=O) groups is 1. The number of anilines is 1. The Morgan fingerprint density at radius 3 is 2.25 bits per heavy atom. The number of likely N-dealkylation sites (tertiary alicyclic amines) is 1. The van der Waals surface area contributed by atoms with E-state index >= 15 is 0 Å². The Morgan fingerprint density at radius 2 is 1.68 bits per heavy atom. The fourth-order valence-electron chi connectivity index (χ4n) is 3.90. The minimum absolute atomic E-state index is 0.195. The number of nitrogens with zero attached hydrogens (tertiary/aromatic N) is 2. The second-order valence-electron chi connectivity index (χ2n) is 8.33. The first-order valence-electron chi connectivity index (χ1n) is 10.3.